The summed E-state index contributed by atoms with van der Waals surface area (Å²) in [7, 11) is 0. The molecular weight excluding hydrogens is 352 g/mol. The Morgan fingerprint density at radius 1 is 1.13 bits per heavy atom. The van der Waals surface area contributed by atoms with Crippen LogP contribution in [0, 0.1) is 6.92 Å². The van der Waals surface area contributed by atoms with Crippen molar-refractivity contribution in [2.45, 2.75) is 33.1 Å². The molecule has 0 aliphatic heterocycles. The predicted octanol–water partition coefficient (Wildman–Crippen LogP) is 5.32. The maximum Gasteiger partial charge on any atom is 0.226 e. The number of halogens is 1. The maximum absolute atomic E-state index is 12.3. The molecule has 2 aromatic rings. The molecule has 0 heterocycles. The van der Waals surface area contributed by atoms with Gasteiger partial charge in [-0.1, -0.05) is 44.2 Å². The number of amides is 1. The number of benzene rings is 2. The molecule has 0 aliphatic carbocycles. The van der Waals surface area contributed by atoms with Crippen molar-refractivity contribution in [3.05, 3.63) is 58.1 Å². The number of hydrogen-bond acceptors (Lipinski definition) is 2. The Bertz CT molecular complexity index is 683. The van der Waals surface area contributed by atoms with Gasteiger partial charge in [0.05, 0.1) is 0 Å². The lowest BCUT2D eigenvalue weighted by atomic mass is 9.98. The fourth-order valence-corrected chi connectivity index (χ4v) is 2.88. The monoisotopic (exact) mass is 374 g/mol. The molecule has 2 rings (SSSR count). The van der Waals surface area contributed by atoms with Crippen LogP contribution in [0.2, 0.25) is 0 Å². The van der Waals surface area contributed by atoms with Crippen molar-refractivity contribution in [3.63, 3.8) is 0 Å². The van der Waals surface area contributed by atoms with E-state index in [1.165, 1.54) is 5.56 Å². The number of rotatable bonds is 6. The predicted molar refractivity (Wildman–Crippen MR) is 101 cm³/mol. The summed E-state index contributed by atoms with van der Waals surface area (Å²) in [5.74, 6) is 0.407. The first-order valence-corrected chi connectivity index (χ1v) is 8.66. The molecule has 0 saturated heterocycles. The van der Waals surface area contributed by atoms with Gasteiger partial charge >= 0.3 is 0 Å². The van der Waals surface area contributed by atoms with Crippen LogP contribution in [0.1, 0.15) is 37.3 Å². The molecule has 4 heteroatoms. The van der Waals surface area contributed by atoms with Crippen LogP contribution in [0.3, 0.4) is 0 Å². The van der Waals surface area contributed by atoms with Gasteiger partial charge in [-0.05, 0) is 52.0 Å². The largest absolute Gasteiger partial charge is 0.384 e. The molecule has 2 aromatic carbocycles. The van der Waals surface area contributed by atoms with Crippen molar-refractivity contribution in [2.75, 3.05) is 17.2 Å². The molecule has 0 bridgehead atoms. The SMILES string of the molecule is Cc1cccc(C(C)C)c1NC(=O)CCNc1ccccc1Br. The standard InChI is InChI=1S/C19H23BrN2O/c1-13(2)15-8-6-7-14(3)19(15)22-18(23)11-12-21-17-10-5-4-9-16(17)20/h4-10,13,21H,11-12H2,1-3H3,(H,22,23). The Morgan fingerprint density at radius 3 is 2.57 bits per heavy atom. The Labute approximate surface area is 146 Å². The van der Waals surface area contributed by atoms with E-state index in [4.69, 9.17) is 0 Å². The molecule has 0 saturated carbocycles. The Hall–Kier alpha value is -1.81. The van der Waals surface area contributed by atoms with Gasteiger partial charge in [-0.2, -0.15) is 0 Å². The number of carbonyl (C=O) groups is 1. The number of hydrogen-bond donors (Lipinski definition) is 2. The molecule has 23 heavy (non-hydrogen) atoms. The summed E-state index contributed by atoms with van der Waals surface area (Å²) in [6.07, 6.45) is 0.424. The highest BCUT2D eigenvalue weighted by Crippen LogP contribution is 2.27. The van der Waals surface area contributed by atoms with Crippen LogP contribution in [0.15, 0.2) is 46.9 Å². The van der Waals surface area contributed by atoms with Crippen LogP contribution in [0.25, 0.3) is 0 Å². The van der Waals surface area contributed by atoms with Crippen molar-refractivity contribution < 1.29 is 4.79 Å². The molecule has 3 nitrogen and oxygen atoms in total. The Balaban J connectivity index is 1.94. The Kier molecular flexibility index (Phi) is 6.22. The lowest BCUT2D eigenvalue weighted by Gasteiger charge is -2.16. The van der Waals surface area contributed by atoms with E-state index >= 15 is 0 Å². The van der Waals surface area contributed by atoms with Crippen LogP contribution < -0.4 is 10.6 Å². The number of anilines is 2. The van der Waals surface area contributed by atoms with Gasteiger partial charge in [-0.15, -0.1) is 0 Å². The topological polar surface area (TPSA) is 41.1 Å². The highest BCUT2D eigenvalue weighted by atomic mass is 79.9. The van der Waals surface area contributed by atoms with Gasteiger partial charge in [-0.3, -0.25) is 4.79 Å². The van der Waals surface area contributed by atoms with Crippen LogP contribution in [-0.4, -0.2) is 12.5 Å². The van der Waals surface area contributed by atoms with E-state index in [0.29, 0.717) is 18.9 Å². The summed E-state index contributed by atoms with van der Waals surface area (Å²) < 4.78 is 1.00. The highest BCUT2D eigenvalue weighted by molar-refractivity contribution is 9.10. The average molecular weight is 375 g/mol. The van der Waals surface area contributed by atoms with Crippen molar-refractivity contribution >= 4 is 33.2 Å². The minimum atomic E-state index is 0.0285. The third-order valence-electron chi connectivity index (χ3n) is 3.73. The van der Waals surface area contributed by atoms with Gasteiger partial charge in [0.1, 0.15) is 0 Å². The smallest absolute Gasteiger partial charge is 0.226 e. The second-order valence-electron chi connectivity index (χ2n) is 5.90. The molecule has 2 N–H and O–H groups in total. The summed E-state index contributed by atoms with van der Waals surface area (Å²) in [4.78, 5) is 12.3. The summed E-state index contributed by atoms with van der Waals surface area (Å²) >= 11 is 3.49. The van der Waals surface area contributed by atoms with Gasteiger partial charge in [0.15, 0.2) is 0 Å². The number of para-hydroxylation sites is 2. The molecule has 0 aliphatic rings. The zero-order valence-corrected chi connectivity index (χ0v) is 15.4. The average Bonchev–Trinajstić information content (AvgIpc) is 2.51. The van der Waals surface area contributed by atoms with Crippen molar-refractivity contribution in [1.29, 1.82) is 0 Å². The number of aryl methyl sites for hydroxylation is 1. The molecule has 0 unspecified atom stereocenters. The minimum absolute atomic E-state index is 0.0285. The summed E-state index contributed by atoms with van der Waals surface area (Å²) in [5, 5.41) is 6.34. The van der Waals surface area contributed by atoms with Crippen LogP contribution in [0.4, 0.5) is 11.4 Å². The second-order valence-corrected chi connectivity index (χ2v) is 6.75. The first-order chi connectivity index (χ1) is 11.0. The van der Waals surface area contributed by atoms with Gasteiger partial charge in [0, 0.05) is 28.8 Å². The zero-order chi connectivity index (χ0) is 16.8. The second kappa shape index (κ2) is 8.16. The Morgan fingerprint density at radius 2 is 1.87 bits per heavy atom. The zero-order valence-electron chi connectivity index (χ0n) is 13.8. The fourth-order valence-electron chi connectivity index (χ4n) is 2.46. The number of nitrogens with one attached hydrogen (secondary N) is 2. The van der Waals surface area contributed by atoms with Gasteiger partial charge in [0.25, 0.3) is 0 Å². The fraction of sp³-hybridized carbons (Fsp3) is 0.316. The molecule has 0 fully saturated rings. The third-order valence-corrected chi connectivity index (χ3v) is 4.42. The molecule has 0 atom stereocenters. The summed E-state index contributed by atoms with van der Waals surface area (Å²) in [6.45, 7) is 6.90. The van der Waals surface area contributed by atoms with Crippen LogP contribution >= 0.6 is 15.9 Å². The molecule has 0 spiro atoms. The first-order valence-electron chi connectivity index (χ1n) is 7.86. The van der Waals surface area contributed by atoms with E-state index < -0.39 is 0 Å². The molecule has 0 aromatic heterocycles. The van der Waals surface area contributed by atoms with E-state index in [-0.39, 0.29) is 5.91 Å². The lowest BCUT2D eigenvalue weighted by molar-refractivity contribution is -0.115. The minimum Gasteiger partial charge on any atom is -0.384 e. The molecular formula is C19H23BrN2O. The third kappa shape index (κ3) is 4.83. The van der Waals surface area contributed by atoms with Crippen molar-refractivity contribution in [3.8, 4) is 0 Å². The van der Waals surface area contributed by atoms with E-state index in [1.807, 2.05) is 43.3 Å². The van der Waals surface area contributed by atoms with E-state index in [0.717, 1.165) is 21.4 Å². The first kappa shape index (κ1) is 17.5. The summed E-state index contributed by atoms with van der Waals surface area (Å²) in [6, 6.07) is 14.0. The quantitative estimate of drug-likeness (QED) is 0.717. The van der Waals surface area contributed by atoms with Crippen molar-refractivity contribution in [1.82, 2.24) is 0 Å². The van der Waals surface area contributed by atoms with Crippen LogP contribution in [0.5, 0.6) is 0 Å². The van der Waals surface area contributed by atoms with Gasteiger partial charge in [0.2, 0.25) is 5.91 Å². The number of carbonyl (C=O) groups excluding carboxylic acids is 1. The lowest BCUT2D eigenvalue weighted by Crippen LogP contribution is -2.18. The van der Waals surface area contributed by atoms with Gasteiger partial charge < -0.3 is 10.6 Å². The van der Waals surface area contributed by atoms with Crippen LogP contribution in [-0.2, 0) is 4.79 Å². The molecule has 0 radical (unpaired) electrons. The van der Waals surface area contributed by atoms with E-state index in [1.54, 1.807) is 0 Å². The van der Waals surface area contributed by atoms with E-state index in [2.05, 4.69) is 46.5 Å². The normalized spacial score (nSPS) is 10.7. The molecule has 1 amide bonds. The maximum atomic E-state index is 12.3. The highest BCUT2D eigenvalue weighted by Gasteiger charge is 2.11. The molecule has 122 valence electrons. The van der Waals surface area contributed by atoms with Crippen molar-refractivity contribution in [2.24, 2.45) is 0 Å². The summed E-state index contributed by atoms with van der Waals surface area (Å²) in [5.41, 5.74) is 4.23. The van der Waals surface area contributed by atoms with E-state index in [9.17, 15) is 4.79 Å². The van der Waals surface area contributed by atoms with Gasteiger partial charge in [-0.25, -0.2) is 0 Å².